The number of nitrogens with zero attached hydrogens (tertiary/aromatic N) is 2. The number of rotatable bonds is 3. The Morgan fingerprint density at radius 3 is 2.28 bits per heavy atom. The summed E-state index contributed by atoms with van der Waals surface area (Å²) in [5.74, 6) is -2.22. The molecule has 25 heavy (non-hydrogen) atoms. The van der Waals surface area contributed by atoms with Crippen LogP contribution in [0.3, 0.4) is 0 Å². The lowest BCUT2D eigenvalue weighted by atomic mass is 10.1. The molecular weight excluding hydrogens is 346 g/mol. The molecule has 1 saturated heterocycles. The van der Waals surface area contributed by atoms with Crippen molar-refractivity contribution in [3.8, 4) is 0 Å². The van der Waals surface area contributed by atoms with Gasteiger partial charge in [0.25, 0.3) is 0 Å². The Bertz CT molecular complexity index is 869. The molecule has 0 bridgehead atoms. The minimum atomic E-state index is -3.85. The summed E-state index contributed by atoms with van der Waals surface area (Å²) in [5.41, 5.74) is 2.21. The van der Waals surface area contributed by atoms with Crippen LogP contribution < -0.4 is 4.90 Å². The topological polar surface area (TPSA) is 40.6 Å². The van der Waals surface area contributed by atoms with Gasteiger partial charge in [-0.15, -0.1) is 0 Å². The third kappa shape index (κ3) is 3.52. The summed E-state index contributed by atoms with van der Waals surface area (Å²) in [6.45, 7) is 5.08. The Kier molecular flexibility index (Phi) is 4.79. The van der Waals surface area contributed by atoms with Crippen molar-refractivity contribution >= 4 is 15.7 Å². The van der Waals surface area contributed by atoms with Crippen molar-refractivity contribution in [2.75, 3.05) is 24.5 Å². The highest BCUT2D eigenvalue weighted by Crippen LogP contribution is 2.25. The molecular formula is C18H20F2N2O2S. The van der Waals surface area contributed by atoms with E-state index in [0.717, 1.165) is 29.4 Å². The fourth-order valence-electron chi connectivity index (χ4n) is 3.05. The van der Waals surface area contributed by atoms with Gasteiger partial charge in [0.2, 0.25) is 10.0 Å². The predicted molar refractivity (Wildman–Crippen MR) is 93.1 cm³/mol. The number of benzene rings is 2. The number of hydrogen-bond acceptors (Lipinski definition) is 3. The molecule has 3 rings (SSSR count). The molecule has 0 aliphatic carbocycles. The summed E-state index contributed by atoms with van der Waals surface area (Å²) in [4.78, 5) is 1.93. The number of aryl methyl sites for hydroxylation is 1. The second kappa shape index (κ2) is 6.72. The van der Waals surface area contributed by atoms with Crippen LogP contribution >= 0.6 is 0 Å². The highest BCUT2D eigenvalue weighted by atomic mass is 32.2. The van der Waals surface area contributed by atoms with Crippen LogP contribution in [0.1, 0.15) is 12.5 Å². The summed E-state index contributed by atoms with van der Waals surface area (Å²) in [6, 6.07) is 10.7. The van der Waals surface area contributed by atoms with Crippen molar-refractivity contribution in [1.82, 2.24) is 4.31 Å². The quantitative estimate of drug-likeness (QED) is 0.838. The van der Waals surface area contributed by atoms with Gasteiger partial charge < -0.3 is 4.90 Å². The normalized spacial score (nSPS) is 19.2. The van der Waals surface area contributed by atoms with Gasteiger partial charge in [-0.3, -0.25) is 0 Å². The molecule has 0 amide bonds. The van der Waals surface area contributed by atoms with Gasteiger partial charge >= 0.3 is 0 Å². The van der Waals surface area contributed by atoms with Gasteiger partial charge in [-0.05, 0) is 44.2 Å². The molecule has 1 aliphatic heterocycles. The van der Waals surface area contributed by atoms with Crippen LogP contribution in [0.25, 0.3) is 0 Å². The van der Waals surface area contributed by atoms with Gasteiger partial charge in [0.1, 0.15) is 0 Å². The molecule has 1 aliphatic rings. The van der Waals surface area contributed by atoms with Crippen LogP contribution in [0, 0.1) is 18.6 Å². The van der Waals surface area contributed by atoms with Crippen LogP contribution in [0.2, 0.25) is 0 Å². The van der Waals surface area contributed by atoms with E-state index in [9.17, 15) is 17.2 Å². The Balaban J connectivity index is 1.79. The molecule has 134 valence electrons. The summed E-state index contributed by atoms with van der Waals surface area (Å²) in [6.07, 6.45) is 0. The monoisotopic (exact) mass is 366 g/mol. The number of sulfonamides is 1. The number of anilines is 1. The largest absolute Gasteiger partial charge is 0.366 e. The van der Waals surface area contributed by atoms with Crippen molar-refractivity contribution in [2.24, 2.45) is 0 Å². The number of hydrogen-bond donors (Lipinski definition) is 0. The van der Waals surface area contributed by atoms with Gasteiger partial charge in [0.05, 0.1) is 4.90 Å². The van der Waals surface area contributed by atoms with Crippen molar-refractivity contribution in [3.05, 3.63) is 59.7 Å². The van der Waals surface area contributed by atoms with Crippen molar-refractivity contribution in [2.45, 2.75) is 24.8 Å². The minimum absolute atomic E-state index is 0.0310. The second-order valence-corrected chi connectivity index (χ2v) is 8.25. The maximum Gasteiger partial charge on any atom is 0.243 e. The molecule has 0 unspecified atom stereocenters. The summed E-state index contributed by atoms with van der Waals surface area (Å²) < 4.78 is 53.2. The van der Waals surface area contributed by atoms with E-state index in [0.29, 0.717) is 13.1 Å². The zero-order chi connectivity index (χ0) is 18.2. The number of halogens is 2. The van der Waals surface area contributed by atoms with Gasteiger partial charge in [0.15, 0.2) is 11.6 Å². The molecule has 2 aromatic carbocycles. The maximum absolute atomic E-state index is 13.4. The Hall–Kier alpha value is -1.99. The van der Waals surface area contributed by atoms with E-state index in [-0.39, 0.29) is 17.5 Å². The van der Waals surface area contributed by atoms with Crippen LogP contribution in [-0.4, -0.2) is 38.4 Å². The molecule has 0 N–H and O–H groups in total. The second-order valence-electron chi connectivity index (χ2n) is 6.32. The van der Waals surface area contributed by atoms with E-state index in [1.807, 2.05) is 38.1 Å². The predicted octanol–water partition coefficient (Wildman–Crippen LogP) is 3.17. The first-order valence-electron chi connectivity index (χ1n) is 8.07. The van der Waals surface area contributed by atoms with E-state index >= 15 is 0 Å². The van der Waals surface area contributed by atoms with Crippen LogP contribution in [0.5, 0.6) is 0 Å². The molecule has 1 heterocycles. The molecule has 0 spiro atoms. The highest BCUT2D eigenvalue weighted by molar-refractivity contribution is 7.89. The first kappa shape index (κ1) is 17.8. The van der Waals surface area contributed by atoms with Crippen LogP contribution in [-0.2, 0) is 10.0 Å². The molecule has 7 heteroatoms. The molecule has 1 fully saturated rings. The first-order valence-corrected chi connectivity index (χ1v) is 9.51. The standard InChI is InChI=1S/C18H20F2N2O2S/c1-13-3-5-15(6-4-13)22-10-9-21(12-14(22)2)25(23,24)16-7-8-17(19)18(20)11-16/h3-8,11,14H,9-10,12H2,1-2H3/t14-/m1/s1. The summed E-state index contributed by atoms with van der Waals surface area (Å²) >= 11 is 0. The lowest BCUT2D eigenvalue weighted by Gasteiger charge is -2.40. The molecule has 4 nitrogen and oxygen atoms in total. The van der Waals surface area contributed by atoms with E-state index < -0.39 is 21.7 Å². The van der Waals surface area contributed by atoms with E-state index in [1.54, 1.807) is 0 Å². The number of piperazine rings is 1. The molecule has 0 radical (unpaired) electrons. The SMILES string of the molecule is Cc1ccc(N2CCN(S(=O)(=O)c3ccc(F)c(F)c3)C[C@H]2C)cc1. The fraction of sp³-hybridized carbons (Fsp3) is 0.333. The third-order valence-corrected chi connectivity index (χ3v) is 6.35. The zero-order valence-corrected chi connectivity index (χ0v) is 14.9. The van der Waals surface area contributed by atoms with Crippen molar-refractivity contribution in [1.29, 1.82) is 0 Å². The van der Waals surface area contributed by atoms with Crippen LogP contribution in [0.4, 0.5) is 14.5 Å². The smallest absolute Gasteiger partial charge is 0.243 e. The molecule has 0 saturated carbocycles. The maximum atomic E-state index is 13.4. The Labute approximate surface area is 146 Å². The lowest BCUT2D eigenvalue weighted by molar-refractivity contribution is 0.342. The molecule has 0 aromatic heterocycles. The van der Waals surface area contributed by atoms with Crippen molar-refractivity contribution in [3.63, 3.8) is 0 Å². The Morgan fingerprint density at radius 1 is 1.00 bits per heavy atom. The summed E-state index contributed by atoms with van der Waals surface area (Å²) in [5, 5.41) is 0. The minimum Gasteiger partial charge on any atom is -0.366 e. The first-order chi connectivity index (χ1) is 11.8. The van der Waals surface area contributed by atoms with Gasteiger partial charge in [0, 0.05) is 31.4 Å². The summed E-state index contributed by atoms with van der Waals surface area (Å²) in [7, 11) is -3.85. The van der Waals surface area contributed by atoms with Gasteiger partial charge in [-0.2, -0.15) is 4.31 Å². The van der Waals surface area contributed by atoms with Crippen LogP contribution in [0.15, 0.2) is 47.4 Å². The van der Waals surface area contributed by atoms with Crippen molar-refractivity contribution < 1.29 is 17.2 Å². The zero-order valence-electron chi connectivity index (χ0n) is 14.1. The third-order valence-electron chi connectivity index (χ3n) is 4.48. The molecule has 1 atom stereocenters. The lowest BCUT2D eigenvalue weighted by Crippen LogP contribution is -2.53. The van der Waals surface area contributed by atoms with Gasteiger partial charge in [-0.1, -0.05) is 17.7 Å². The average molecular weight is 366 g/mol. The average Bonchev–Trinajstić information content (AvgIpc) is 2.58. The van der Waals surface area contributed by atoms with Gasteiger partial charge in [-0.25, -0.2) is 17.2 Å². The van der Waals surface area contributed by atoms with E-state index in [1.165, 1.54) is 4.31 Å². The fourth-order valence-corrected chi connectivity index (χ4v) is 4.57. The highest BCUT2D eigenvalue weighted by Gasteiger charge is 2.32. The van der Waals surface area contributed by atoms with E-state index in [2.05, 4.69) is 4.90 Å². The van der Waals surface area contributed by atoms with E-state index in [4.69, 9.17) is 0 Å². The Morgan fingerprint density at radius 2 is 1.68 bits per heavy atom. The molecule has 2 aromatic rings.